The topological polar surface area (TPSA) is 21.3 Å². The fourth-order valence-electron chi connectivity index (χ4n) is 3.41. The van der Waals surface area contributed by atoms with Gasteiger partial charge in [0, 0.05) is 18.7 Å². The van der Waals surface area contributed by atoms with E-state index in [0.29, 0.717) is 6.61 Å². The molecular weight excluding hydrogens is 378 g/mol. The van der Waals surface area contributed by atoms with Gasteiger partial charge in [-0.15, -0.1) is 12.4 Å². The van der Waals surface area contributed by atoms with Crippen LogP contribution >= 0.6 is 12.4 Å². The molecule has 0 saturated heterocycles. The van der Waals surface area contributed by atoms with E-state index >= 15 is 0 Å². The fourth-order valence-corrected chi connectivity index (χ4v) is 3.41. The van der Waals surface area contributed by atoms with Crippen LogP contribution < -0.4 is 10.1 Å². The second-order valence-electron chi connectivity index (χ2n) is 7.13. The van der Waals surface area contributed by atoms with E-state index in [2.05, 4.69) is 85.0 Å². The molecule has 148 valence electrons. The third kappa shape index (κ3) is 5.38. The number of halogens is 1. The molecule has 4 rings (SSSR count). The molecule has 0 aliphatic carbocycles. The summed E-state index contributed by atoms with van der Waals surface area (Å²) in [6.07, 6.45) is 0. The largest absolute Gasteiger partial charge is 0.489 e. The van der Waals surface area contributed by atoms with E-state index in [0.717, 1.165) is 18.8 Å². The maximum absolute atomic E-state index is 6.21. The molecule has 1 N–H and O–H groups in total. The molecular formula is C26H26ClNO. The summed E-state index contributed by atoms with van der Waals surface area (Å²) in [5.74, 6) is 0.943. The Hall–Kier alpha value is -2.81. The summed E-state index contributed by atoms with van der Waals surface area (Å²) in [4.78, 5) is 0. The maximum atomic E-state index is 6.21. The van der Waals surface area contributed by atoms with Crippen LogP contribution in [-0.4, -0.2) is 0 Å². The van der Waals surface area contributed by atoms with E-state index < -0.39 is 0 Å². The first-order valence-electron chi connectivity index (χ1n) is 9.73. The smallest absolute Gasteiger partial charge is 0.124 e. The van der Waals surface area contributed by atoms with Gasteiger partial charge in [-0.2, -0.15) is 0 Å². The average Bonchev–Trinajstić information content (AvgIpc) is 2.75. The second kappa shape index (κ2) is 10.1. The van der Waals surface area contributed by atoms with Gasteiger partial charge in [0.05, 0.1) is 0 Å². The van der Waals surface area contributed by atoms with Crippen molar-refractivity contribution in [3.8, 4) is 5.75 Å². The molecule has 0 fully saturated rings. The molecule has 0 spiro atoms. The lowest BCUT2D eigenvalue weighted by atomic mass is 10.0. The van der Waals surface area contributed by atoms with Crippen LogP contribution in [0.4, 0.5) is 0 Å². The summed E-state index contributed by atoms with van der Waals surface area (Å²) in [6.45, 7) is 4.29. The van der Waals surface area contributed by atoms with E-state index in [1.54, 1.807) is 0 Å². The van der Waals surface area contributed by atoms with Gasteiger partial charge in [0.25, 0.3) is 0 Å². The molecule has 0 heterocycles. The Balaban J connectivity index is 0.00000240. The van der Waals surface area contributed by atoms with Crippen LogP contribution in [0.3, 0.4) is 0 Å². The van der Waals surface area contributed by atoms with Gasteiger partial charge in [0.2, 0.25) is 0 Å². The highest BCUT2D eigenvalue weighted by Gasteiger charge is 2.09. The first-order valence-corrected chi connectivity index (χ1v) is 9.73. The number of ether oxygens (including phenoxy) is 1. The molecule has 0 aliphatic rings. The molecule has 2 nitrogen and oxygen atoms in total. The van der Waals surface area contributed by atoms with Crippen molar-refractivity contribution in [2.45, 2.75) is 26.6 Å². The highest BCUT2D eigenvalue weighted by molar-refractivity contribution is 5.87. The van der Waals surface area contributed by atoms with Gasteiger partial charge >= 0.3 is 0 Å². The summed E-state index contributed by atoms with van der Waals surface area (Å²) in [6, 6.07) is 31.7. The summed E-state index contributed by atoms with van der Waals surface area (Å²) >= 11 is 0. The van der Waals surface area contributed by atoms with Crippen LogP contribution in [0, 0.1) is 6.92 Å². The number of nitrogens with one attached hydrogen (secondary N) is 1. The van der Waals surface area contributed by atoms with E-state index in [9.17, 15) is 0 Å². The van der Waals surface area contributed by atoms with Crippen LogP contribution in [0.5, 0.6) is 5.75 Å². The quantitative estimate of drug-likeness (QED) is 0.383. The molecule has 0 aliphatic heterocycles. The monoisotopic (exact) mass is 403 g/mol. The van der Waals surface area contributed by atoms with Gasteiger partial charge in [-0.3, -0.25) is 0 Å². The van der Waals surface area contributed by atoms with Crippen LogP contribution in [0.25, 0.3) is 10.8 Å². The zero-order valence-electron chi connectivity index (χ0n) is 16.6. The summed E-state index contributed by atoms with van der Waals surface area (Å²) in [5, 5.41) is 6.07. The van der Waals surface area contributed by atoms with Gasteiger partial charge in [0.15, 0.2) is 0 Å². The predicted molar refractivity (Wildman–Crippen MR) is 124 cm³/mol. The molecule has 0 bridgehead atoms. The molecule has 4 aromatic rings. The van der Waals surface area contributed by atoms with Crippen molar-refractivity contribution >= 4 is 23.2 Å². The Morgan fingerprint density at radius 2 is 1.41 bits per heavy atom. The molecule has 0 atom stereocenters. The molecule has 0 saturated carbocycles. The van der Waals surface area contributed by atoms with Gasteiger partial charge in [0.1, 0.15) is 12.4 Å². The summed E-state index contributed by atoms with van der Waals surface area (Å²) in [7, 11) is 0. The number of benzene rings is 4. The molecule has 29 heavy (non-hydrogen) atoms. The molecule has 4 aromatic carbocycles. The number of fused-ring (bicyclic) bond motifs is 1. The lowest BCUT2D eigenvalue weighted by Crippen LogP contribution is -2.14. The first-order chi connectivity index (χ1) is 13.8. The van der Waals surface area contributed by atoms with E-state index in [-0.39, 0.29) is 12.4 Å². The molecule has 3 heteroatoms. The maximum Gasteiger partial charge on any atom is 0.124 e. The van der Waals surface area contributed by atoms with Gasteiger partial charge in [-0.05, 0) is 34.9 Å². The predicted octanol–water partition coefficient (Wildman–Crippen LogP) is 6.44. The molecule has 0 amide bonds. The minimum absolute atomic E-state index is 0. The van der Waals surface area contributed by atoms with E-state index in [4.69, 9.17) is 4.74 Å². The van der Waals surface area contributed by atoms with Crippen molar-refractivity contribution in [2.75, 3.05) is 0 Å². The van der Waals surface area contributed by atoms with Crippen LogP contribution in [0.15, 0.2) is 91.0 Å². The Labute approximate surface area is 179 Å². The summed E-state index contributed by atoms with van der Waals surface area (Å²) < 4.78 is 6.21. The van der Waals surface area contributed by atoms with E-state index in [1.165, 1.54) is 33.0 Å². The lowest BCUT2D eigenvalue weighted by Gasteiger charge is -2.15. The van der Waals surface area contributed by atoms with Crippen molar-refractivity contribution < 1.29 is 4.74 Å². The third-order valence-electron chi connectivity index (χ3n) is 4.99. The van der Waals surface area contributed by atoms with Crippen molar-refractivity contribution in [2.24, 2.45) is 0 Å². The van der Waals surface area contributed by atoms with Gasteiger partial charge < -0.3 is 10.1 Å². The minimum atomic E-state index is 0. The Morgan fingerprint density at radius 3 is 2.21 bits per heavy atom. The molecule has 0 aromatic heterocycles. The Morgan fingerprint density at radius 1 is 0.690 bits per heavy atom. The SMILES string of the molecule is Cc1ccc(CNCc2c(OCc3ccccc3)ccc3ccccc23)cc1.Cl. The Bertz CT molecular complexity index is 1050. The molecule has 0 radical (unpaired) electrons. The third-order valence-corrected chi connectivity index (χ3v) is 4.99. The minimum Gasteiger partial charge on any atom is -0.489 e. The standard InChI is InChI=1S/C26H25NO.ClH/c1-20-11-13-21(14-12-20)17-27-18-25-24-10-6-5-9-23(24)15-16-26(25)28-19-22-7-3-2-4-8-22;/h2-16,27H,17-19H2,1H3;1H. The lowest BCUT2D eigenvalue weighted by molar-refractivity contribution is 0.302. The van der Waals surface area contributed by atoms with Crippen molar-refractivity contribution in [3.05, 3.63) is 113 Å². The van der Waals surface area contributed by atoms with E-state index in [1.807, 2.05) is 18.2 Å². The summed E-state index contributed by atoms with van der Waals surface area (Å²) in [5.41, 5.74) is 4.96. The van der Waals surface area contributed by atoms with Gasteiger partial charge in [-0.1, -0.05) is 90.5 Å². The van der Waals surface area contributed by atoms with Crippen LogP contribution in [0.1, 0.15) is 22.3 Å². The zero-order valence-corrected chi connectivity index (χ0v) is 17.4. The molecule has 0 unspecified atom stereocenters. The van der Waals surface area contributed by atoms with Gasteiger partial charge in [-0.25, -0.2) is 0 Å². The number of hydrogen-bond donors (Lipinski definition) is 1. The highest BCUT2D eigenvalue weighted by Crippen LogP contribution is 2.29. The van der Waals surface area contributed by atoms with Crippen molar-refractivity contribution in [1.82, 2.24) is 5.32 Å². The van der Waals surface area contributed by atoms with Crippen molar-refractivity contribution in [1.29, 1.82) is 0 Å². The fraction of sp³-hybridized carbons (Fsp3) is 0.154. The van der Waals surface area contributed by atoms with Crippen molar-refractivity contribution in [3.63, 3.8) is 0 Å². The average molecular weight is 404 g/mol. The van der Waals surface area contributed by atoms with Crippen LogP contribution in [0.2, 0.25) is 0 Å². The highest BCUT2D eigenvalue weighted by atomic mass is 35.5. The zero-order chi connectivity index (χ0) is 19.2. The first kappa shape index (κ1) is 20.9. The Kier molecular flexibility index (Phi) is 7.29. The second-order valence-corrected chi connectivity index (χ2v) is 7.13. The number of aryl methyl sites for hydroxylation is 1. The van der Waals surface area contributed by atoms with Crippen LogP contribution in [-0.2, 0) is 19.7 Å². The number of hydrogen-bond acceptors (Lipinski definition) is 2. The normalized spacial score (nSPS) is 10.5. The number of rotatable bonds is 7.